The molecule has 202 valence electrons. The summed E-state index contributed by atoms with van der Waals surface area (Å²) in [4.78, 5) is 0. The van der Waals surface area contributed by atoms with E-state index in [0.717, 1.165) is 0 Å². The molecule has 0 fully saturated rings. The average Bonchev–Trinajstić information content (AvgIpc) is 2.90. The largest absolute Gasteiger partial charge is 0.114 e. The van der Waals surface area contributed by atoms with Gasteiger partial charge >= 0.3 is 0 Å². The maximum absolute atomic E-state index is 7.01. The van der Waals surface area contributed by atoms with Gasteiger partial charge in [-0.1, -0.05) is 162 Å². The van der Waals surface area contributed by atoms with Crippen LogP contribution in [0.4, 0.5) is 0 Å². The van der Waals surface area contributed by atoms with Crippen molar-refractivity contribution in [3.05, 3.63) is 110 Å². The smallest absolute Gasteiger partial charge is 0.110 e. The lowest BCUT2D eigenvalue weighted by Gasteiger charge is -2.45. The minimum Gasteiger partial charge on any atom is -0.114 e. The second kappa shape index (κ2) is 12.7. The van der Waals surface area contributed by atoms with Crippen LogP contribution in [0, 0.1) is 0 Å². The Kier molecular flexibility index (Phi) is 10.8. The van der Waals surface area contributed by atoms with Crippen LogP contribution in [-0.2, 0) is 9.49 Å². The van der Waals surface area contributed by atoms with Crippen LogP contribution >= 0.6 is 161 Å². The second-order valence-corrected chi connectivity index (χ2v) is 15.4. The van der Waals surface area contributed by atoms with Gasteiger partial charge in [-0.05, 0) is 35.4 Å². The van der Waals surface area contributed by atoms with Crippen LogP contribution in [0.5, 0.6) is 0 Å². The first-order valence-corrected chi connectivity index (χ1v) is 17.0. The highest BCUT2D eigenvalue weighted by Crippen LogP contribution is 2.68. The van der Waals surface area contributed by atoms with E-state index in [1.54, 1.807) is 48.5 Å². The summed E-state index contributed by atoms with van der Waals surface area (Å²) in [5, 5.41) is -0.499. The molecule has 14 heteroatoms. The summed E-state index contributed by atoms with van der Waals surface area (Å²) >= 11 is 79.8. The van der Waals surface area contributed by atoms with Gasteiger partial charge in [0.25, 0.3) is 0 Å². The Morgan fingerprint density at radius 1 is 0.500 bits per heavy atom. The van der Waals surface area contributed by atoms with Gasteiger partial charge in [0.2, 0.25) is 0 Å². The lowest BCUT2D eigenvalue weighted by molar-refractivity contribution is 0.754. The van der Waals surface area contributed by atoms with Crippen molar-refractivity contribution in [1.82, 2.24) is 0 Å². The molecule has 0 amide bonds. The number of hydrogen-bond donors (Lipinski definition) is 0. The summed E-state index contributed by atoms with van der Waals surface area (Å²) in [6.07, 6.45) is 0. The van der Waals surface area contributed by atoms with Crippen molar-refractivity contribution in [2.75, 3.05) is 0 Å². The molecule has 0 saturated heterocycles. The van der Waals surface area contributed by atoms with E-state index in [2.05, 4.69) is 0 Å². The Bertz CT molecular complexity index is 1320. The fourth-order valence-electron chi connectivity index (χ4n) is 3.90. The summed E-state index contributed by atoms with van der Waals surface area (Å²) in [5.41, 5.74) is 1.20. The summed E-state index contributed by atoms with van der Waals surface area (Å²) in [7, 11) is 2.39. The molecule has 2 aliphatic rings. The van der Waals surface area contributed by atoms with E-state index in [1.807, 2.05) is 0 Å². The molecule has 0 saturated carbocycles. The zero-order valence-corrected chi connectivity index (χ0v) is 28.8. The standard InChI is InChI=1S/C24H10Cl12S2/c25-11-5-1-3-9(7-11)23(19(33)15(29)13(27)16(30)20(23)34)37-38-24(10-4-2-6-12(26)8-10)21(35)17(31)14(28)18(32)22(24)36/h1-8,19,21H. The van der Waals surface area contributed by atoms with Crippen molar-refractivity contribution >= 4 is 161 Å². The van der Waals surface area contributed by atoms with Crippen LogP contribution in [0.15, 0.2) is 88.8 Å². The molecule has 0 N–H and O–H groups in total. The van der Waals surface area contributed by atoms with Crippen molar-refractivity contribution < 1.29 is 0 Å². The van der Waals surface area contributed by atoms with Crippen LogP contribution in [-0.4, -0.2) is 10.8 Å². The van der Waals surface area contributed by atoms with Crippen molar-refractivity contribution in [3.63, 3.8) is 0 Å². The van der Waals surface area contributed by atoms with Gasteiger partial charge in [0, 0.05) is 10.0 Å². The summed E-state index contributed by atoms with van der Waals surface area (Å²) < 4.78 is -2.62. The molecule has 0 aliphatic heterocycles. The van der Waals surface area contributed by atoms with Crippen LogP contribution in [0.1, 0.15) is 11.1 Å². The zero-order chi connectivity index (χ0) is 28.2. The Labute approximate surface area is 287 Å². The molecule has 2 aliphatic carbocycles. The van der Waals surface area contributed by atoms with Gasteiger partial charge in [0.05, 0.1) is 51.0 Å². The maximum atomic E-state index is 7.01. The number of rotatable bonds is 5. The third-order valence-electron chi connectivity index (χ3n) is 5.81. The van der Waals surface area contributed by atoms with E-state index in [0.29, 0.717) is 21.2 Å². The molecular formula is C24H10Cl12S2. The fraction of sp³-hybridized carbons (Fsp3) is 0.167. The Morgan fingerprint density at radius 3 is 1.16 bits per heavy atom. The molecule has 0 radical (unpaired) electrons. The molecule has 4 atom stereocenters. The molecule has 0 aromatic heterocycles. The maximum Gasteiger partial charge on any atom is 0.110 e. The fourth-order valence-corrected chi connectivity index (χ4v) is 12.7. The average molecular weight is 788 g/mol. The highest BCUT2D eigenvalue weighted by molar-refractivity contribution is 8.77. The number of alkyl halides is 2. The first-order valence-electron chi connectivity index (χ1n) is 10.2. The minimum absolute atomic E-state index is 0.0341. The molecule has 0 spiro atoms. The number of hydrogen-bond acceptors (Lipinski definition) is 2. The van der Waals surface area contributed by atoms with E-state index in [1.165, 1.54) is 21.6 Å². The third-order valence-corrected chi connectivity index (χ3v) is 15.8. The molecular weight excluding hydrogens is 778 g/mol. The summed E-state index contributed by atoms with van der Waals surface area (Å²) in [6, 6.07) is 13.9. The molecule has 4 rings (SSSR count). The third kappa shape index (κ3) is 5.39. The number of halogens is 12. The van der Waals surface area contributed by atoms with Crippen molar-refractivity contribution in [2.45, 2.75) is 20.2 Å². The van der Waals surface area contributed by atoms with Gasteiger partial charge in [-0.25, -0.2) is 0 Å². The van der Waals surface area contributed by atoms with Gasteiger partial charge in [0.1, 0.15) is 9.49 Å². The number of allylic oxidation sites excluding steroid dienone is 6. The van der Waals surface area contributed by atoms with Gasteiger partial charge in [-0.3, -0.25) is 0 Å². The monoisotopic (exact) mass is 782 g/mol. The Balaban J connectivity index is 1.98. The van der Waals surface area contributed by atoms with Gasteiger partial charge < -0.3 is 0 Å². The lowest BCUT2D eigenvalue weighted by Crippen LogP contribution is -2.40. The lowest BCUT2D eigenvalue weighted by atomic mass is 9.90. The Morgan fingerprint density at radius 2 is 0.842 bits per heavy atom. The minimum atomic E-state index is -1.31. The van der Waals surface area contributed by atoms with E-state index >= 15 is 0 Å². The van der Waals surface area contributed by atoms with Crippen molar-refractivity contribution in [3.8, 4) is 0 Å². The molecule has 4 unspecified atom stereocenters. The van der Waals surface area contributed by atoms with E-state index in [4.69, 9.17) is 139 Å². The van der Waals surface area contributed by atoms with E-state index in [9.17, 15) is 0 Å². The molecule has 0 heterocycles. The topological polar surface area (TPSA) is 0 Å². The van der Waals surface area contributed by atoms with E-state index in [-0.39, 0.29) is 40.3 Å². The predicted octanol–water partition coefficient (Wildman–Crippen LogP) is 13.5. The summed E-state index contributed by atoms with van der Waals surface area (Å²) in [6.45, 7) is 0. The normalized spacial score (nSPS) is 28.5. The van der Waals surface area contributed by atoms with Crippen LogP contribution < -0.4 is 0 Å². The first-order chi connectivity index (χ1) is 17.8. The predicted molar refractivity (Wildman–Crippen MR) is 176 cm³/mol. The van der Waals surface area contributed by atoms with Gasteiger partial charge in [-0.2, -0.15) is 0 Å². The zero-order valence-electron chi connectivity index (χ0n) is 18.1. The highest BCUT2D eigenvalue weighted by Gasteiger charge is 2.56. The first kappa shape index (κ1) is 32.5. The SMILES string of the molecule is ClC1=C(Cl)C(Cl)C(SSC2(c3cccc(Cl)c3)C(Cl)=C(Cl)C(Cl)=C(Cl)C2Cl)(c2cccc(Cl)c2)C(Cl)=C1Cl. The second-order valence-electron chi connectivity index (χ2n) is 7.96. The van der Waals surface area contributed by atoms with Gasteiger partial charge in [-0.15, -0.1) is 23.2 Å². The Hall–Kier alpha value is 1.58. The highest BCUT2D eigenvalue weighted by atomic mass is 35.5. The molecule has 0 nitrogen and oxygen atoms in total. The van der Waals surface area contributed by atoms with Crippen molar-refractivity contribution in [2.24, 2.45) is 0 Å². The van der Waals surface area contributed by atoms with Crippen LogP contribution in [0.3, 0.4) is 0 Å². The quantitative estimate of drug-likeness (QED) is 0.219. The van der Waals surface area contributed by atoms with Crippen molar-refractivity contribution in [1.29, 1.82) is 0 Å². The number of benzene rings is 2. The molecule has 0 bridgehead atoms. The van der Waals surface area contributed by atoms with Gasteiger partial charge in [0.15, 0.2) is 0 Å². The summed E-state index contributed by atoms with van der Waals surface area (Å²) in [5.74, 6) is 0. The molecule has 2 aromatic carbocycles. The van der Waals surface area contributed by atoms with Crippen LogP contribution in [0.2, 0.25) is 10.0 Å². The van der Waals surface area contributed by atoms with E-state index < -0.39 is 20.2 Å². The molecule has 2 aromatic rings. The molecule has 38 heavy (non-hydrogen) atoms. The van der Waals surface area contributed by atoms with Crippen LogP contribution in [0.25, 0.3) is 0 Å².